The Bertz CT molecular complexity index is 294. The van der Waals surface area contributed by atoms with Crippen LogP contribution in [0.25, 0.3) is 0 Å². The Labute approximate surface area is 124 Å². The number of hydrogen-bond donors (Lipinski definition) is 1. The number of piperidine rings is 1. The molecule has 2 aliphatic heterocycles. The summed E-state index contributed by atoms with van der Waals surface area (Å²) in [6, 6.07) is 0. The molecule has 2 N–H and O–H groups in total. The second kappa shape index (κ2) is 6.33. The van der Waals surface area contributed by atoms with Crippen LogP contribution in [0.5, 0.6) is 0 Å². The van der Waals surface area contributed by atoms with Gasteiger partial charge in [0.2, 0.25) is 0 Å². The average molecular weight is 280 g/mol. The maximum Gasteiger partial charge on any atom is 0.0484 e. The summed E-state index contributed by atoms with van der Waals surface area (Å²) in [5.41, 5.74) is 7.15. The number of nitrogens with two attached hydrogens (primary N) is 1. The lowest BCUT2D eigenvalue weighted by Gasteiger charge is -2.51. The largest absolute Gasteiger partial charge is 0.381 e. The van der Waals surface area contributed by atoms with Crippen LogP contribution in [0.3, 0.4) is 0 Å². The van der Waals surface area contributed by atoms with Crippen LogP contribution in [0.2, 0.25) is 0 Å². The van der Waals surface area contributed by atoms with Gasteiger partial charge in [0.15, 0.2) is 0 Å². The van der Waals surface area contributed by atoms with Crippen molar-refractivity contribution in [3.8, 4) is 0 Å². The summed E-state index contributed by atoms with van der Waals surface area (Å²) in [5, 5.41) is 0. The Kier molecular flexibility index (Phi) is 4.68. The Morgan fingerprint density at radius 2 is 1.55 bits per heavy atom. The molecule has 3 rings (SSSR count). The summed E-state index contributed by atoms with van der Waals surface area (Å²) in [6.07, 6.45) is 13.7. The quantitative estimate of drug-likeness (QED) is 0.845. The molecule has 2 saturated heterocycles. The van der Waals surface area contributed by atoms with Crippen LogP contribution in [0, 0.1) is 5.41 Å². The van der Waals surface area contributed by atoms with E-state index in [1.165, 1.54) is 70.9 Å². The molecule has 0 amide bonds. The third kappa shape index (κ3) is 2.90. The molecule has 0 aromatic heterocycles. The van der Waals surface area contributed by atoms with Crippen LogP contribution in [0.1, 0.15) is 64.2 Å². The maximum absolute atomic E-state index is 6.21. The molecule has 116 valence electrons. The Balaban J connectivity index is 1.63. The van der Waals surface area contributed by atoms with E-state index in [4.69, 9.17) is 10.5 Å². The van der Waals surface area contributed by atoms with Crippen molar-refractivity contribution in [1.29, 1.82) is 0 Å². The van der Waals surface area contributed by atoms with Gasteiger partial charge in [0.05, 0.1) is 0 Å². The van der Waals surface area contributed by atoms with Gasteiger partial charge < -0.3 is 10.5 Å². The SMILES string of the molecule is NCC1(N2CCC3(CCCCC3)CC2)CCCOCC1. The van der Waals surface area contributed by atoms with Crippen molar-refractivity contribution in [1.82, 2.24) is 4.90 Å². The van der Waals surface area contributed by atoms with Crippen LogP contribution < -0.4 is 5.73 Å². The summed E-state index contributed by atoms with van der Waals surface area (Å²) in [4.78, 5) is 2.74. The standard InChI is InChI=1S/C17H32N2O/c18-15-17(7-4-13-20-14-10-17)19-11-8-16(9-12-19)5-2-1-3-6-16/h1-15,18H2. The van der Waals surface area contributed by atoms with Crippen LogP contribution in [-0.4, -0.2) is 43.3 Å². The summed E-state index contributed by atoms with van der Waals surface area (Å²) in [6.45, 7) is 5.19. The molecule has 1 spiro atoms. The number of ether oxygens (including phenoxy) is 1. The second-order valence-corrected chi connectivity index (χ2v) is 7.44. The van der Waals surface area contributed by atoms with E-state index in [9.17, 15) is 0 Å². The molecular weight excluding hydrogens is 248 g/mol. The van der Waals surface area contributed by atoms with Crippen molar-refractivity contribution in [2.75, 3.05) is 32.8 Å². The van der Waals surface area contributed by atoms with Crippen molar-refractivity contribution in [3.05, 3.63) is 0 Å². The van der Waals surface area contributed by atoms with Crippen molar-refractivity contribution in [3.63, 3.8) is 0 Å². The Morgan fingerprint density at radius 1 is 0.800 bits per heavy atom. The van der Waals surface area contributed by atoms with Crippen LogP contribution in [0.15, 0.2) is 0 Å². The van der Waals surface area contributed by atoms with Crippen molar-refractivity contribution in [2.45, 2.75) is 69.7 Å². The molecule has 1 unspecified atom stereocenters. The van der Waals surface area contributed by atoms with Gasteiger partial charge in [-0.2, -0.15) is 0 Å². The van der Waals surface area contributed by atoms with E-state index in [2.05, 4.69) is 4.90 Å². The minimum Gasteiger partial charge on any atom is -0.381 e. The zero-order valence-corrected chi connectivity index (χ0v) is 13.0. The molecule has 1 aliphatic carbocycles. The lowest BCUT2D eigenvalue weighted by Crippen LogP contribution is -2.58. The molecule has 0 bridgehead atoms. The minimum atomic E-state index is 0.243. The number of rotatable bonds is 2. The molecule has 3 fully saturated rings. The van der Waals surface area contributed by atoms with Gasteiger partial charge in [0.25, 0.3) is 0 Å². The van der Waals surface area contributed by atoms with E-state index in [1.54, 1.807) is 0 Å². The minimum absolute atomic E-state index is 0.243. The van der Waals surface area contributed by atoms with Crippen LogP contribution in [0.4, 0.5) is 0 Å². The van der Waals surface area contributed by atoms with Crippen molar-refractivity contribution in [2.24, 2.45) is 11.1 Å². The molecule has 1 atom stereocenters. The molecule has 0 aromatic rings. The van der Waals surface area contributed by atoms with Gasteiger partial charge in [-0.25, -0.2) is 0 Å². The predicted octanol–water partition coefficient (Wildman–Crippen LogP) is 2.93. The molecule has 2 heterocycles. The van der Waals surface area contributed by atoms with Crippen molar-refractivity contribution >= 4 is 0 Å². The maximum atomic E-state index is 6.21. The first-order valence-corrected chi connectivity index (χ1v) is 8.82. The van der Waals surface area contributed by atoms with Crippen molar-refractivity contribution < 1.29 is 4.74 Å². The first-order valence-electron chi connectivity index (χ1n) is 8.82. The zero-order valence-electron chi connectivity index (χ0n) is 13.0. The molecule has 0 radical (unpaired) electrons. The fourth-order valence-corrected chi connectivity index (χ4v) is 4.90. The third-order valence-corrected chi connectivity index (χ3v) is 6.43. The smallest absolute Gasteiger partial charge is 0.0484 e. The van der Waals surface area contributed by atoms with E-state index in [-0.39, 0.29) is 5.54 Å². The van der Waals surface area contributed by atoms with Gasteiger partial charge in [-0.3, -0.25) is 4.90 Å². The van der Waals surface area contributed by atoms with Crippen LogP contribution >= 0.6 is 0 Å². The van der Waals surface area contributed by atoms with E-state index < -0.39 is 0 Å². The second-order valence-electron chi connectivity index (χ2n) is 7.44. The van der Waals surface area contributed by atoms with Gasteiger partial charge in [-0.15, -0.1) is 0 Å². The van der Waals surface area contributed by atoms with E-state index in [0.29, 0.717) is 5.41 Å². The van der Waals surface area contributed by atoms with Gasteiger partial charge in [0, 0.05) is 25.3 Å². The first-order chi connectivity index (χ1) is 9.79. The first kappa shape index (κ1) is 14.8. The summed E-state index contributed by atoms with van der Waals surface area (Å²) < 4.78 is 5.67. The Morgan fingerprint density at radius 3 is 2.25 bits per heavy atom. The van der Waals surface area contributed by atoms with Gasteiger partial charge >= 0.3 is 0 Å². The van der Waals surface area contributed by atoms with Gasteiger partial charge in [0.1, 0.15) is 0 Å². The molecule has 1 saturated carbocycles. The fourth-order valence-electron chi connectivity index (χ4n) is 4.90. The monoisotopic (exact) mass is 280 g/mol. The molecular formula is C17H32N2O. The molecule has 3 nitrogen and oxygen atoms in total. The van der Waals surface area contributed by atoms with Crippen LogP contribution in [-0.2, 0) is 4.74 Å². The molecule has 3 heteroatoms. The van der Waals surface area contributed by atoms with E-state index in [0.717, 1.165) is 26.2 Å². The Hall–Kier alpha value is -0.120. The number of nitrogens with zero attached hydrogens (tertiary/aromatic N) is 1. The molecule has 20 heavy (non-hydrogen) atoms. The fraction of sp³-hybridized carbons (Fsp3) is 1.00. The van der Waals surface area contributed by atoms with E-state index >= 15 is 0 Å². The number of hydrogen-bond acceptors (Lipinski definition) is 3. The highest BCUT2D eigenvalue weighted by molar-refractivity contribution is 4.98. The average Bonchev–Trinajstić information content (AvgIpc) is 2.75. The lowest BCUT2D eigenvalue weighted by molar-refractivity contribution is -0.00560. The molecule has 3 aliphatic rings. The summed E-state index contributed by atoms with van der Waals surface area (Å²) in [5.74, 6) is 0. The van der Waals surface area contributed by atoms with Gasteiger partial charge in [-0.1, -0.05) is 19.3 Å². The lowest BCUT2D eigenvalue weighted by atomic mass is 9.67. The highest BCUT2D eigenvalue weighted by atomic mass is 16.5. The van der Waals surface area contributed by atoms with Gasteiger partial charge in [-0.05, 0) is 63.5 Å². The molecule has 0 aromatic carbocycles. The topological polar surface area (TPSA) is 38.5 Å². The highest BCUT2D eigenvalue weighted by Crippen LogP contribution is 2.46. The zero-order chi connectivity index (χ0) is 13.9. The third-order valence-electron chi connectivity index (χ3n) is 6.43. The predicted molar refractivity (Wildman–Crippen MR) is 82.8 cm³/mol. The summed E-state index contributed by atoms with van der Waals surface area (Å²) in [7, 11) is 0. The highest BCUT2D eigenvalue weighted by Gasteiger charge is 2.42. The number of likely N-dealkylation sites (tertiary alicyclic amines) is 1. The summed E-state index contributed by atoms with van der Waals surface area (Å²) >= 11 is 0. The normalized spacial score (nSPS) is 35.9. The van der Waals surface area contributed by atoms with E-state index in [1.807, 2.05) is 0 Å².